The van der Waals surface area contributed by atoms with Crippen molar-refractivity contribution >= 4 is 11.8 Å². The van der Waals surface area contributed by atoms with Crippen molar-refractivity contribution in [2.45, 2.75) is 38.6 Å². The number of carbonyl (C=O) groups excluding carboxylic acids is 1. The van der Waals surface area contributed by atoms with Crippen LogP contribution >= 0.6 is 0 Å². The minimum Gasteiger partial charge on any atom is -0.354 e. The summed E-state index contributed by atoms with van der Waals surface area (Å²) in [5, 5.41) is 6.79. The van der Waals surface area contributed by atoms with Crippen LogP contribution < -0.4 is 5.32 Å². The van der Waals surface area contributed by atoms with Crippen LogP contribution in [0.5, 0.6) is 0 Å². The predicted octanol–water partition coefficient (Wildman–Crippen LogP) is 4.14. The largest absolute Gasteiger partial charge is 0.354 e. The molecule has 0 spiro atoms. The van der Waals surface area contributed by atoms with Gasteiger partial charge in [0.25, 0.3) is 0 Å². The van der Waals surface area contributed by atoms with E-state index in [0.717, 1.165) is 31.4 Å². The molecular formula is C17H21N3O2. The Morgan fingerprint density at radius 2 is 2.18 bits per heavy atom. The van der Waals surface area contributed by atoms with E-state index in [1.807, 2.05) is 35.2 Å². The quantitative estimate of drug-likeness (QED) is 0.926. The molecule has 2 amide bonds. The molecule has 1 aromatic carbocycles. The summed E-state index contributed by atoms with van der Waals surface area (Å²) >= 11 is 0. The Morgan fingerprint density at radius 1 is 1.36 bits per heavy atom. The lowest BCUT2D eigenvalue weighted by Gasteiger charge is -2.34. The van der Waals surface area contributed by atoms with Crippen LogP contribution in [0.2, 0.25) is 0 Å². The van der Waals surface area contributed by atoms with E-state index in [1.54, 1.807) is 6.07 Å². The molecule has 1 aromatic heterocycles. The first kappa shape index (κ1) is 14.6. The van der Waals surface area contributed by atoms with Gasteiger partial charge in [-0.05, 0) is 25.7 Å². The number of rotatable bonds is 3. The Morgan fingerprint density at radius 3 is 2.95 bits per heavy atom. The molecular weight excluding hydrogens is 278 g/mol. The zero-order valence-electron chi connectivity index (χ0n) is 12.8. The third kappa shape index (κ3) is 3.13. The maximum absolute atomic E-state index is 12.4. The van der Waals surface area contributed by atoms with Gasteiger partial charge in [0.05, 0.1) is 0 Å². The van der Waals surface area contributed by atoms with Crippen molar-refractivity contribution in [3.8, 4) is 11.3 Å². The van der Waals surface area contributed by atoms with Crippen LogP contribution in [0.25, 0.3) is 11.3 Å². The van der Waals surface area contributed by atoms with Crippen LogP contribution in [0.3, 0.4) is 0 Å². The van der Waals surface area contributed by atoms with Crippen molar-refractivity contribution in [2.75, 3.05) is 11.9 Å². The highest BCUT2D eigenvalue weighted by Gasteiger charge is 2.25. The van der Waals surface area contributed by atoms with Gasteiger partial charge in [0.15, 0.2) is 11.6 Å². The van der Waals surface area contributed by atoms with Crippen LogP contribution in [0.4, 0.5) is 10.6 Å². The van der Waals surface area contributed by atoms with Crippen molar-refractivity contribution in [3.05, 3.63) is 36.4 Å². The Hall–Kier alpha value is -2.30. The molecule has 1 fully saturated rings. The van der Waals surface area contributed by atoms with E-state index in [2.05, 4.69) is 17.4 Å². The molecule has 2 heterocycles. The van der Waals surface area contributed by atoms with Crippen molar-refractivity contribution in [3.63, 3.8) is 0 Å². The van der Waals surface area contributed by atoms with Gasteiger partial charge in [-0.3, -0.25) is 5.32 Å². The van der Waals surface area contributed by atoms with Gasteiger partial charge in [-0.1, -0.05) is 42.4 Å². The van der Waals surface area contributed by atoms with E-state index in [0.29, 0.717) is 17.6 Å². The van der Waals surface area contributed by atoms with Gasteiger partial charge in [-0.25, -0.2) is 4.79 Å². The van der Waals surface area contributed by atoms with Crippen molar-refractivity contribution < 1.29 is 9.32 Å². The van der Waals surface area contributed by atoms with Gasteiger partial charge in [0, 0.05) is 24.2 Å². The number of urea groups is 1. The lowest BCUT2D eigenvalue weighted by molar-refractivity contribution is 0.160. The van der Waals surface area contributed by atoms with E-state index in [9.17, 15) is 4.79 Å². The predicted molar refractivity (Wildman–Crippen MR) is 85.6 cm³/mol. The normalized spacial score (nSPS) is 18.2. The third-order valence-electron chi connectivity index (χ3n) is 4.16. The molecule has 116 valence electrons. The lowest BCUT2D eigenvalue weighted by Crippen LogP contribution is -2.45. The first-order valence-electron chi connectivity index (χ1n) is 7.87. The second-order valence-corrected chi connectivity index (χ2v) is 5.62. The molecule has 1 unspecified atom stereocenters. The fraction of sp³-hybridized carbons (Fsp3) is 0.412. The van der Waals surface area contributed by atoms with Crippen molar-refractivity contribution in [2.24, 2.45) is 0 Å². The second kappa shape index (κ2) is 6.64. The molecule has 0 bridgehead atoms. The summed E-state index contributed by atoms with van der Waals surface area (Å²) < 4.78 is 5.31. The standard InChI is InChI=1S/C17H21N3O2/c1-2-14-10-6-7-11-20(14)17(21)18-16-12-15(22-19-16)13-8-4-3-5-9-13/h3-5,8-9,12,14H,2,6-7,10-11H2,1H3,(H,18,19,21). The third-order valence-corrected chi connectivity index (χ3v) is 4.16. The maximum Gasteiger partial charge on any atom is 0.323 e. The fourth-order valence-electron chi connectivity index (χ4n) is 2.95. The fourth-order valence-corrected chi connectivity index (χ4v) is 2.95. The number of amides is 2. The number of aromatic nitrogens is 1. The van der Waals surface area contributed by atoms with Crippen LogP contribution in [0.15, 0.2) is 40.9 Å². The summed E-state index contributed by atoms with van der Waals surface area (Å²) in [7, 11) is 0. The average Bonchev–Trinajstić information content (AvgIpc) is 3.04. The molecule has 1 saturated heterocycles. The van der Waals surface area contributed by atoms with E-state index >= 15 is 0 Å². The van der Waals surface area contributed by atoms with Crippen LogP contribution in [0.1, 0.15) is 32.6 Å². The topological polar surface area (TPSA) is 58.4 Å². The molecule has 0 saturated carbocycles. The Balaban J connectivity index is 1.68. The van der Waals surface area contributed by atoms with Gasteiger partial charge in [-0.2, -0.15) is 0 Å². The first-order valence-corrected chi connectivity index (χ1v) is 7.87. The van der Waals surface area contributed by atoms with Gasteiger partial charge < -0.3 is 9.42 Å². The maximum atomic E-state index is 12.4. The molecule has 5 heteroatoms. The number of hydrogen-bond acceptors (Lipinski definition) is 3. The van der Waals surface area contributed by atoms with Gasteiger partial charge in [-0.15, -0.1) is 0 Å². The number of nitrogens with one attached hydrogen (secondary N) is 1. The molecule has 1 N–H and O–H groups in total. The van der Waals surface area contributed by atoms with E-state index in [1.165, 1.54) is 6.42 Å². The molecule has 0 aliphatic carbocycles. The van der Waals surface area contributed by atoms with Gasteiger partial charge in [0.2, 0.25) is 0 Å². The molecule has 22 heavy (non-hydrogen) atoms. The summed E-state index contributed by atoms with van der Waals surface area (Å²) in [5.41, 5.74) is 0.944. The number of nitrogens with zero attached hydrogens (tertiary/aromatic N) is 2. The SMILES string of the molecule is CCC1CCCCN1C(=O)Nc1cc(-c2ccccc2)on1. The highest BCUT2D eigenvalue weighted by Crippen LogP contribution is 2.24. The zero-order chi connectivity index (χ0) is 15.4. The van der Waals surface area contributed by atoms with Gasteiger partial charge in [0.1, 0.15) is 0 Å². The van der Waals surface area contributed by atoms with Crippen LogP contribution in [-0.2, 0) is 0 Å². The highest BCUT2D eigenvalue weighted by molar-refractivity contribution is 5.89. The molecule has 0 radical (unpaired) electrons. The molecule has 1 aliphatic rings. The summed E-state index contributed by atoms with van der Waals surface area (Å²) in [6.45, 7) is 2.94. The molecule has 5 nitrogen and oxygen atoms in total. The average molecular weight is 299 g/mol. The number of anilines is 1. The minimum absolute atomic E-state index is 0.0838. The number of benzene rings is 1. The van der Waals surface area contributed by atoms with Crippen molar-refractivity contribution in [1.82, 2.24) is 10.1 Å². The van der Waals surface area contributed by atoms with E-state index < -0.39 is 0 Å². The Bertz CT molecular complexity index is 624. The number of likely N-dealkylation sites (tertiary alicyclic amines) is 1. The van der Waals surface area contributed by atoms with E-state index in [-0.39, 0.29) is 6.03 Å². The molecule has 1 atom stereocenters. The molecule has 3 rings (SSSR count). The molecule has 2 aromatic rings. The molecule has 1 aliphatic heterocycles. The Labute approximate surface area is 130 Å². The number of hydrogen-bond donors (Lipinski definition) is 1. The zero-order valence-corrected chi connectivity index (χ0v) is 12.8. The summed E-state index contributed by atoms with van der Waals surface area (Å²) in [6, 6.07) is 11.7. The van der Waals surface area contributed by atoms with E-state index in [4.69, 9.17) is 4.52 Å². The number of carbonyl (C=O) groups is 1. The summed E-state index contributed by atoms with van der Waals surface area (Å²) in [6.07, 6.45) is 4.34. The van der Waals surface area contributed by atoms with Crippen LogP contribution in [-0.4, -0.2) is 28.7 Å². The first-order chi connectivity index (χ1) is 10.8. The summed E-state index contributed by atoms with van der Waals surface area (Å²) in [5.74, 6) is 1.12. The number of piperidine rings is 1. The smallest absolute Gasteiger partial charge is 0.323 e. The lowest BCUT2D eigenvalue weighted by atomic mass is 10.0. The van der Waals surface area contributed by atoms with Gasteiger partial charge >= 0.3 is 6.03 Å². The monoisotopic (exact) mass is 299 g/mol. The summed E-state index contributed by atoms with van der Waals surface area (Å²) in [4.78, 5) is 14.3. The van der Waals surface area contributed by atoms with Crippen molar-refractivity contribution in [1.29, 1.82) is 0 Å². The second-order valence-electron chi connectivity index (χ2n) is 5.62. The Kier molecular flexibility index (Phi) is 4.42. The highest BCUT2D eigenvalue weighted by atomic mass is 16.5. The minimum atomic E-state index is -0.0838. The van der Waals surface area contributed by atoms with Crippen LogP contribution in [0, 0.1) is 0 Å².